The van der Waals surface area contributed by atoms with Gasteiger partial charge in [0.1, 0.15) is 6.61 Å². The Kier molecular flexibility index (Phi) is 9.37. The van der Waals surface area contributed by atoms with Gasteiger partial charge in [-0.3, -0.25) is 4.90 Å². The molecule has 30 heavy (non-hydrogen) atoms. The second-order valence-corrected chi connectivity index (χ2v) is 8.29. The monoisotopic (exact) mass is 472 g/mol. The predicted octanol–water partition coefficient (Wildman–Crippen LogP) is 5.05. The van der Waals surface area contributed by atoms with Gasteiger partial charge in [-0.15, -0.1) is 0 Å². The van der Waals surface area contributed by atoms with Crippen molar-refractivity contribution in [3.05, 3.63) is 56.5 Å². The first kappa shape index (κ1) is 23.5. The number of ether oxygens (including phenoxy) is 3. The van der Waals surface area contributed by atoms with E-state index in [0.717, 1.165) is 56.9 Å². The van der Waals surface area contributed by atoms with Gasteiger partial charge in [-0.2, -0.15) is 0 Å². The minimum absolute atomic E-state index is 0.227. The highest BCUT2D eigenvalue weighted by atomic mass is 35.5. The Hall–Kier alpha value is -1.21. The normalized spacial score (nSPS) is 14.7. The minimum atomic E-state index is 0.227. The van der Waals surface area contributed by atoms with E-state index >= 15 is 0 Å². The van der Waals surface area contributed by atoms with Crippen molar-refractivity contribution in [2.45, 2.75) is 19.6 Å². The largest absolute Gasteiger partial charge is 0.493 e. The van der Waals surface area contributed by atoms with Gasteiger partial charge >= 0.3 is 0 Å². The maximum Gasteiger partial charge on any atom is 0.163 e. The molecule has 1 heterocycles. The molecule has 0 atom stereocenters. The topological polar surface area (TPSA) is 43.0 Å². The highest BCUT2D eigenvalue weighted by Crippen LogP contribution is 2.35. The molecule has 8 heteroatoms. The predicted molar refractivity (Wildman–Crippen MR) is 122 cm³/mol. The Morgan fingerprint density at radius 1 is 1.03 bits per heavy atom. The fraction of sp³-hybridized carbons (Fsp3) is 0.455. The summed E-state index contributed by atoms with van der Waals surface area (Å²) in [5.74, 6) is 1.17. The van der Waals surface area contributed by atoms with Crippen LogP contribution in [0.5, 0.6) is 11.5 Å². The lowest BCUT2D eigenvalue weighted by Crippen LogP contribution is -2.37. The fourth-order valence-electron chi connectivity index (χ4n) is 3.28. The molecule has 0 spiro atoms. The summed E-state index contributed by atoms with van der Waals surface area (Å²) in [4.78, 5) is 2.43. The van der Waals surface area contributed by atoms with Gasteiger partial charge in [-0.05, 0) is 43.3 Å². The van der Waals surface area contributed by atoms with E-state index in [1.807, 2.05) is 6.07 Å². The van der Waals surface area contributed by atoms with E-state index in [1.54, 1.807) is 31.4 Å². The van der Waals surface area contributed by atoms with E-state index in [9.17, 15) is 0 Å². The number of methoxy groups -OCH3 is 1. The van der Waals surface area contributed by atoms with Crippen molar-refractivity contribution in [2.24, 2.45) is 0 Å². The Morgan fingerprint density at radius 3 is 2.47 bits per heavy atom. The summed E-state index contributed by atoms with van der Waals surface area (Å²) in [7, 11) is 1.61. The maximum atomic E-state index is 6.49. The highest BCUT2D eigenvalue weighted by Gasteiger charge is 2.13. The first-order chi connectivity index (χ1) is 14.6. The third-order valence-electron chi connectivity index (χ3n) is 5.01. The van der Waals surface area contributed by atoms with Gasteiger partial charge < -0.3 is 19.5 Å². The molecule has 1 saturated heterocycles. The van der Waals surface area contributed by atoms with E-state index < -0.39 is 0 Å². The maximum absolute atomic E-state index is 6.49. The van der Waals surface area contributed by atoms with Crippen molar-refractivity contribution in [3.8, 4) is 11.5 Å². The molecule has 2 aromatic carbocycles. The van der Waals surface area contributed by atoms with Crippen LogP contribution in [0.3, 0.4) is 0 Å². The van der Waals surface area contributed by atoms with Gasteiger partial charge in [-0.25, -0.2) is 0 Å². The van der Waals surface area contributed by atoms with E-state index in [0.29, 0.717) is 33.1 Å². The molecule has 3 rings (SSSR count). The van der Waals surface area contributed by atoms with Gasteiger partial charge in [0.05, 0.1) is 20.3 Å². The van der Waals surface area contributed by atoms with Crippen molar-refractivity contribution in [1.29, 1.82) is 0 Å². The number of nitrogens with zero attached hydrogens (tertiary/aromatic N) is 1. The fourth-order valence-corrected chi connectivity index (χ4v) is 4.01. The lowest BCUT2D eigenvalue weighted by molar-refractivity contribution is 0.0374. The average Bonchev–Trinajstić information content (AvgIpc) is 2.75. The molecule has 1 aliphatic heterocycles. The summed E-state index contributed by atoms with van der Waals surface area (Å²) in [5.41, 5.74) is 1.69. The molecular weight excluding hydrogens is 447 g/mol. The number of nitrogens with one attached hydrogen (secondary N) is 1. The molecule has 1 fully saturated rings. The van der Waals surface area contributed by atoms with Crippen LogP contribution in [0.25, 0.3) is 0 Å². The van der Waals surface area contributed by atoms with Crippen molar-refractivity contribution in [2.75, 3.05) is 46.5 Å². The summed E-state index contributed by atoms with van der Waals surface area (Å²) in [6, 6.07) is 9.04. The Morgan fingerprint density at radius 2 is 1.77 bits per heavy atom. The molecule has 2 aromatic rings. The number of rotatable bonds is 10. The second-order valence-electron chi connectivity index (χ2n) is 7.07. The molecule has 0 radical (unpaired) electrons. The summed E-state index contributed by atoms with van der Waals surface area (Å²) in [6.07, 6.45) is 1.08. The van der Waals surface area contributed by atoms with Gasteiger partial charge in [0.15, 0.2) is 11.5 Å². The quantitative estimate of drug-likeness (QED) is 0.489. The Balaban J connectivity index is 1.53. The lowest BCUT2D eigenvalue weighted by atomic mass is 10.2. The van der Waals surface area contributed by atoms with E-state index in [4.69, 9.17) is 49.0 Å². The van der Waals surface area contributed by atoms with Gasteiger partial charge in [-0.1, -0.05) is 40.9 Å². The van der Waals surface area contributed by atoms with Crippen LogP contribution in [-0.2, 0) is 17.9 Å². The molecule has 0 saturated carbocycles. The van der Waals surface area contributed by atoms with Crippen LogP contribution in [0, 0.1) is 0 Å². The van der Waals surface area contributed by atoms with E-state index in [1.165, 1.54) is 0 Å². The van der Waals surface area contributed by atoms with Crippen LogP contribution in [-0.4, -0.2) is 51.4 Å². The molecule has 5 nitrogen and oxygen atoms in total. The van der Waals surface area contributed by atoms with Crippen LogP contribution < -0.4 is 14.8 Å². The van der Waals surface area contributed by atoms with Crippen LogP contribution in [0.15, 0.2) is 30.3 Å². The lowest BCUT2D eigenvalue weighted by Gasteiger charge is -2.26. The third-order valence-corrected chi connectivity index (χ3v) is 6.07. The Labute approximate surface area is 193 Å². The van der Waals surface area contributed by atoms with Crippen molar-refractivity contribution in [3.63, 3.8) is 0 Å². The number of halogens is 3. The molecule has 1 N–H and O–H groups in total. The summed E-state index contributed by atoms with van der Waals surface area (Å²) in [6.45, 7) is 6.58. The van der Waals surface area contributed by atoms with Crippen molar-refractivity contribution in [1.82, 2.24) is 10.2 Å². The number of hydrogen-bond acceptors (Lipinski definition) is 5. The smallest absolute Gasteiger partial charge is 0.163 e. The SMILES string of the molecule is COc1cc(CNCCCN2CCOCC2)c(Cl)cc1OCc1c(Cl)cccc1Cl. The zero-order valence-electron chi connectivity index (χ0n) is 17.1. The molecule has 0 aliphatic carbocycles. The minimum Gasteiger partial charge on any atom is -0.493 e. The molecule has 0 amide bonds. The van der Waals surface area contributed by atoms with Gasteiger partial charge in [0.2, 0.25) is 0 Å². The Bertz CT molecular complexity index is 809. The first-order valence-corrected chi connectivity index (χ1v) is 11.1. The van der Waals surface area contributed by atoms with Gasteiger partial charge in [0, 0.05) is 46.3 Å². The molecule has 0 bridgehead atoms. The zero-order valence-corrected chi connectivity index (χ0v) is 19.3. The zero-order chi connectivity index (χ0) is 21.3. The molecular formula is C22H27Cl3N2O3. The number of hydrogen-bond donors (Lipinski definition) is 1. The first-order valence-electron chi connectivity index (χ1n) is 10.0. The average molecular weight is 474 g/mol. The van der Waals surface area contributed by atoms with Crippen molar-refractivity contribution >= 4 is 34.8 Å². The van der Waals surface area contributed by atoms with E-state index in [2.05, 4.69) is 10.2 Å². The summed E-state index contributed by atoms with van der Waals surface area (Å²) >= 11 is 18.9. The second kappa shape index (κ2) is 12.0. The van der Waals surface area contributed by atoms with Gasteiger partial charge in [0.25, 0.3) is 0 Å². The van der Waals surface area contributed by atoms with Crippen LogP contribution in [0.1, 0.15) is 17.5 Å². The van der Waals surface area contributed by atoms with Crippen LogP contribution >= 0.6 is 34.8 Å². The molecule has 164 valence electrons. The van der Waals surface area contributed by atoms with Crippen LogP contribution in [0.2, 0.25) is 15.1 Å². The molecule has 1 aliphatic rings. The summed E-state index contributed by atoms with van der Waals surface area (Å²) < 4.78 is 16.8. The molecule has 0 aromatic heterocycles. The number of benzene rings is 2. The van der Waals surface area contributed by atoms with E-state index in [-0.39, 0.29) is 6.61 Å². The third kappa shape index (κ3) is 6.64. The van der Waals surface area contributed by atoms with Crippen molar-refractivity contribution < 1.29 is 14.2 Å². The van der Waals surface area contributed by atoms with Crippen LogP contribution in [0.4, 0.5) is 0 Å². The number of morpholine rings is 1. The standard InChI is InChI=1S/C22H27Cl3N2O3/c1-28-21-12-16(14-26-6-3-7-27-8-10-29-11-9-27)20(25)13-22(21)30-15-17-18(23)4-2-5-19(17)24/h2,4-5,12-13,26H,3,6-11,14-15H2,1H3. The highest BCUT2D eigenvalue weighted by molar-refractivity contribution is 6.36. The summed E-state index contributed by atoms with van der Waals surface area (Å²) in [5, 5.41) is 5.20. The molecule has 0 unspecified atom stereocenters.